The maximum absolute atomic E-state index is 12.7. The first-order chi connectivity index (χ1) is 12.7. The first-order valence-corrected chi connectivity index (χ1v) is 10.5. The van der Waals surface area contributed by atoms with Crippen molar-refractivity contribution in [3.05, 3.63) is 30.3 Å². The molecule has 1 aliphatic heterocycles. The van der Waals surface area contributed by atoms with Crippen LogP contribution in [0.2, 0.25) is 0 Å². The molecule has 1 heterocycles. The highest BCUT2D eigenvalue weighted by molar-refractivity contribution is 8.15. The van der Waals surface area contributed by atoms with Gasteiger partial charge in [-0.2, -0.15) is 0 Å². The van der Waals surface area contributed by atoms with Gasteiger partial charge in [0.2, 0.25) is 11.8 Å². The zero-order chi connectivity index (χ0) is 18.4. The van der Waals surface area contributed by atoms with E-state index in [-0.39, 0.29) is 23.5 Å². The minimum Gasteiger partial charge on any atom is -0.326 e. The monoisotopic (exact) mass is 373 g/mol. The molecule has 140 valence electrons. The lowest BCUT2D eigenvalue weighted by Crippen LogP contribution is -2.33. The van der Waals surface area contributed by atoms with Gasteiger partial charge < -0.3 is 5.32 Å². The van der Waals surface area contributed by atoms with Crippen LogP contribution in [0, 0.1) is 0 Å². The van der Waals surface area contributed by atoms with Gasteiger partial charge >= 0.3 is 0 Å². The maximum atomic E-state index is 12.7. The van der Waals surface area contributed by atoms with Crippen LogP contribution < -0.4 is 5.32 Å². The average molecular weight is 374 g/mol. The minimum absolute atomic E-state index is 0.00748. The molecular weight excluding hydrogens is 346 g/mol. The number of rotatable bonds is 5. The SMILES string of the molecule is CCN1C(=O)C(CC(=O)Nc2ccccc2)SC1=NC1CCCCCC1. The Morgan fingerprint density at radius 3 is 2.54 bits per heavy atom. The number of thioether (sulfide) groups is 1. The molecule has 0 bridgehead atoms. The highest BCUT2D eigenvalue weighted by atomic mass is 32.2. The third-order valence-electron chi connectivity index (χ3n) is 4.88. The lowest BCUT2D eigenvalue weighted by Gasteiger charge is -2.16. The Hall–Kier alpha value is -1.82. The second-order valence-corrected chi connectivity index (χ2v) is 8.03. The van der Waals surface area contributed by atoms with Crippen molar-refractivity contribution in [1.82, 2.24) is 4.90 Å². The molecule has 1 atom stereocenters. The number of amidine groups is 1. The molecule has 2 amide bonds. The Kier molecular flexibility index (Phi) is 6.72. The van der Waals surface area contributed by atoms with E-state index >= 15 is 0 Å². The first kappa shape index (κ1) is 19.0. The molecule has 1 aliphatic carbocycles. The Labute approximate surface area is 159 Å². The number of amides is 2. The van der Waals surface area contributed by atoms with Gasteiger partial charge in [-0.25, -0.2) is 0 Å². The fraction of sp³-hybridized carbons (Fsp3) is 0.550. The van der Waals surface area contributed by atoms with Gasteiger partial charge in [0.25, 0.3) is 0 Å². The highest BCUT2D eigenvalue weighted by Crippen LogP contribution is 2.31. The number of carbonyl (C=O) groups excluding carboxylic acids is 2. The molecule has 6 heteroatoms. The van der Waals surface area contributed by atoms with Crippen molar-refractivity contribution < 1.29 is 9.59 Å². The summed E-state index contributed by atoms with van der Waals surface area (Å²) in [5.41, 5.74) is 0.757. The summed E-state index contributed by atoms with van der Waals surface area (Å²) in [5, 5.41) is 3.30. The number of aliphatic imine (C=N–C) groups is 1. The van der Waals surface area contributed by atoms with Crippen LogP contribution in [0.3, 0.4) is 0 Å². The van der Waals surface area contributed by atoms with Crippen molar-refractivity contribution in [1.29, 1.82) is 0 Å². The van der Waals surface area contributed by atoms with E-state index in [9.17, 15) is 9.59 Å². The quantitative estimate of drug-likeness (QED) is 0.792. The molecule has 1 N–H and O–H groups in total. The molecule has 5 nitrogen and oxygen atoms in total. The number of carbonyl (C=O) groups is 2. The van der Waals surface area contributed by atoms with E-state index in [0.717, 1.165) is 23.7 Å². The van der Waals surface area contributed by atoms with E-state index in [1.54, 1.807) is 4.90 Å². The first-order valence-electron chi connectivity index (χ1n) is 9.58. The normalized spacial score (nSPS) is 23.3. The van der Waals surface area contributed by atoms with Crippen LogP contribution in [0.15, 0.2) is 35.3 Å². The molecule has 1 saturated carbocycles. The summed E-state index contributed by atoms with van der Waals surface area (Å²) in [6.07, 6.45) is 7.40. The standard InChI is InChI=1S/C20H27N3O2S/c1-2-23-19(25)17(14-18(24)21-15-10-8-5-9-11-15)26-20(23)22-16-12-6-3-4-7-13-16/h5,8-11,16-17H,2-4,6-7,12-14H2,1H3,(H,21,24). The smallest absolute Gasteiger partial charge is 0.242 e. The van der Waals surface area contributed by atoms with Crippen molar-refractivity contribution in [2.75, 3.05) is 11.9 Å². The lowest BCUT2D eigenvalue weighted by molar-refractivity contribution is -0.128. The molecule has 2 fully saturated rings. The zero-order valence-electron chi connectivity index (χ0n) is 15.3. The van der Waals surface area contributed by atoms with Gasteiger partial charge in [-0.3, -0.25) is 19.5 Å². The Balaban J connectivity index is 1.63. The van der Waals surface area contributed by atoms with Gasteiger partial charge in [0.05, 0.1) is 6.04 Å². The van der Waals surface area contributed by atoms with Crippen LogP contribution in [0.5, 0.6) is 0 Å². The predicted molar refractivity (Wildman–Crippen MR) is 107 cm³/mol. The summed E-state index contributed by atoms with van der Waals surface area (Å²) < 4.78 is 0. The maximum Gasteiger partial charge on any atom is 0.242 e. The summed E-state index contributed by atoms with van der Waals surface area (Å²) in [7, 11) is 0. The Morgan fingerprint density at radius 2 is 1.88 bits per heavy atom. The summed E-state index contributed by atoms with van der Waals surface area (Å²) in [6, 6.07) is 9.67. The summed E-state index contributed by atoms with van der Waals surface area (Å²) in [5.74, 6) is -0.123. The number of hydrogen-bond donors (Lipinski definition) is 1. The average Bonchev–Trinajstić information content (AvgIpc) is 2.80. The van der Waals surface area contributed by atoms with E-state index in [1.807, 2.05) is 37.3 Å². The number of nitrogens with one attached hydrogen (secondary N) is 1. The van der Waals surface area contributed by atoms with E-state index in [4.69, 9.17) is 4.99 Å². The fourth-order valence-electron chi connectivity index (χ4n) is 3.47. The van der Waals surface area contributed by atoms with E-state index in [1.165, 1.54) is 37.4 Å². The van der Waals surface area contributed by atoms with Crippen molar-refractivity contribution in [2.24, 2.45) is 4.99 Å². The van der Waals surface area contributed by atoms with E-state index in [0.29, 0.717) is 12.6 Å². The fourth-order valence-corrected chi connectivity index (χ4v) is 4.75. The molecule has 2 aliphatic rings. The van der Waals surface area contributed by atoms with Crippen molar-refractivity contribution >= 4 is 34.4 Å². The Bertz CT molecular complexity index is 654. The number of nitrogens with zero attached hydrogens (tertiary/aromatic N) is 2. The van der Waals surface area contributed by atoms with Crippen LogP contribution in [-0.2, 0) is 9.59 Å². The summed E-state index contributed by atoms with van der Waals surface area (Å²) in [6.45, 7) is 2.57. The molecule has 1 aromatic carbocycles. The minimum atomic E-state index is -0.372. The molecule has 1 aromatic rings. The second-order valence-electron chi connectivity index (χ2n) is 6.86. The zero-order valence-corrected chi connectivity index (χ0v) is 16.1. The predicted octanol–water partition coefficient (Wildman–Crippen LogP) is 4.06. The number of para-hydroxylation sites is 1. The number of anilines is 1. The third kappa shape index (κ3) is 4.87. The molecule has 3 rings (SSSR count). The van der Waals surface area contributed by atoms with E-state index < -0.39 is 0 Å². The van der Waals surface area contributed by atoms with Crippen molar-refractivity contribution in [2.45, 2.75) is 63.2 Å². The van der Waals surface area contributed by atoms with Gasteiger partial charge in [0, 0.05) is 18.7 Å². The molecule has 26 heavy (non-hydrogen) atoms. The lowest BCUT2D eigenvalue weighted by atomic mass is 10.1. The van der Waals surface area contributed by atoms with Crippen LogP contribution in [-0.4, -0.2) is 39.7 Å². The van der Waals surface area contributed by atoms with Crippen molar-refractivity contribution in [3.63, 3.8) is 0 Å². The van der Waals surface area contributed by atoms with Crippen molar-refractivity contribution in [3.8, 4) is 0 Å². The Morgan fingerprint density at radius 1 is 1.19 bits per heavy atom. The largest absolute Gasteiger partial charge is 0.326 e. The second kappa shape index (κ2) is 9.21. The van der Waals surface area contributed by atoms with Gasteiger partial charge in [0.1, 0.15) is 5.25 Å². The molecule has 1 unspecified atom stereocenters. The van der Waals surface area contributed by atoms with Crippen LogP contribution in [0.25, 0.3) is 0 Å². The summed E-state index contributed by atoms with van der Waals surface area (Å²) in [4.78, 5) is 31.6. The van der Waals surface area contributed by atoms with E-state index in [2.05, 4.69) is 5.32 Å². The van der Waals surface area contributed by atoms with Crippen LogP contribution >= 0.6 is 11.8 Å². The highest BCUT2D eigenvalue weighted by Gasteiger charge is 2.38. The van der Waals surface area contributed by atoms with Crippen LogP contribution in [0.4, 0.5) is 5.69 Å². The topological polar surface area (TPSA) is 61.8 Å². The third-order valence-corrected chi connectivity index (χ3v) is 6.07. The molecule has 1 saturated heterocycles. The van der Waals surface area contributed by atoms with Gasteiger partial charge in [-0.05, 0) is 31.9 Å². The molecule has 0 spiro atoms. The number of benzene rings is 1. The van der Waals surface area contributed by atoms with Gasteiger partial charge in [0.15, 0.2) is 5.17 Å². The molecular formula is C20H27N3O2S. The van der Waals surface area contributed by atoms with Gasteiger partial charge in [-0.15, -0.1) is 0 Å². The summed E-state index contributed by atoms with van der Waals surface area (Å²) >= 11 is 1.46. The van der Waals surface area contributed by atoms with Gasteiger partial charge in [-0.1, -0.05) is 55.6 Å². The number of hydrogen-bond acceptors (Lipinski definition) is 4. The molecule has 0 radical (unpaired) electrons. The van der Waals surface area contributed by atoms with Crippen LogP contribution in [0.1, 0.15) is 51.9 Å². The molecule has 0 aromatic heterocycles.